The predicted octanol–water partition coefficient (Wildman–Crippen LogP) is 4.95. The van der Waals surface area contributed by atoms with E-state index in [1.54, 1.807) is 0 Å². The number of benzene rings is 3. The summed E-state index contributed by atoms with van der Waals surface area (Å²) in [7, 11) is 0. The summed E-state index contributed by atoms with van der Waals surface area (Å²) in [6.45, 7) is 5.65. The maximum Gasteiger partial charge on any atom is 0.339 e. The van der Waals surface area contributed by atoms with Crippen LogP contribution in [0.1, 0.15) is 31.1 Å². The average Bonchev–Trinajstić information content (AvgIpc) is 2.44. The Morgan fingerprint density at radius 1 is 0.857 bits per heavy atom. The van der Waals surface area contributed by atoms with E-state index < -0.39 is 5.60 Å². The second kappa shape index (κ2) is 4.88. The number of rotatable bonds is 1. The van der Waals surface area contributed by atoms with Gasteiger partial charge in [-0.1, -0.05) is 48.5 Å². The van der Waals surface area contributed by atoms with Crippen molar-refractivity contribution in [2.24, 2.45) is 0 Å². The summed E-state index contributed by atoms with van der Waals surface area (Å²) in [6, 6.07) is 18.0. The minimum absolute atomic E-state index is 0.274. The zero-order valence-electron chi connectivity index (χ0n) is 12.5. The molecule has 0 radical (unpaired) electrons. The second-order valence-electron chi connectivity index (χ2n) is 6.19. The van der Waals surface area contributed by atoms with Crippen LogP contribution in [0.3, 0.4) is 0 Å². The molecule has 106 valence electrons. The van der Waals surface area contributed by atoms with Crippen LogP contribution in [0.25, 0.3) is 21.5 Å². The minimum atomic E-state index is -0.496. The van der Waals surface area contributed by atoms with Crippen LogP contribution in [0, 0.1) is 0 Å². The summed E-state index contributed by atoms with van der Waals surface area (Å²) in [6.07, 6.45) is 0. The molecule has 0 heterocycles. The maximum absolute atomic E-state index is 12.5. The first-order valence-electron chi connectivity index (χ1n) is 7.09. The molecule has 0 N–H and O–H groups in total. The van der Waals surface area contributed by atoms with Gasteiger partial charge in [-0.2, -0.15) is 0 Å². The van der Waals surface area contributed by atoms with Gasteiger partial charge in [-0.25, -0.2) is 4.79 Å². The molecule has 0 fully saturated rings. The van der Waals surface area contributed by atoms with Crippen LogP contribution >= 0.6 is 0 Å². The molecule has 3 aromatic rings. The molecule has 3 aromatic carbocycles. The molecule has 2 nitrogen and oxygen atoms in total. The quantitative estimate of drug-likeness (QED) is 0.465. The van der Waals surface area contributed by atoms with Crippen molar-refractivity contribution in [1.29, 1.82) is 0 Å². The van der Waals surface area contributed by atoms with E-state index in [1.807, 2.05) is 69.3 Å². The Kier molecular flexibility index (Phi) is 3.17. The van der Waals surface area contributed by atoms with Gasteiger partial charge in [0, 0.05) is 0 Å². The van der Waals surface area contributed by atoms with Crippen molar-refractivity contribution >= 4 is 27.5 Å². The molecule has 0 unspecified atom stereocenters. The molecule has 3 rings (SSSR count). The first-order valence-corrected chi connectivity index (χ1v) is 7.09. The molecule has 0 aliphatic rings. The fourth-order valence-corrected chi connectivity index (χ4v) is 2.56. The standard InChI is InChI=1S/C19H18O2/c1-19(2,3)21-18(20)17-12-13-8-4-5-9-14(13)15-10-6-7-11-16(15)17/h4-12H,1-3H3. The van der Waals surface area contributed by atoms with Gasteiger partial charge >= 0.3 is 5.97 Å². The van der Waals surface area contributed by atoms with Gasteiger partial charge in [0.25, 0.3) is 0 Å². The highest BCUT2D eigenvalue weighted by Crippen LogP contribution is 2.29. The van der Waals surface area contributed by atoms with Crippen molar-refractivity contribution in [1.82, 2.24) is 0 Å². The van der Waals surface area contributed by atoms with Crippen LogP contribution in [-0.2, 0) is 4.74 Å². The van der Waals surface area contributed by atoms with Crippen LogP contribution in [0.2, 0.25) is 0 Å². The van der Waals surface area contributed by atoms with Crippen molar-refractivity contribution in [3.63, 3.8) is 0 Å². The van der Waals surface area contributed by atoms with E-state index in [1.165, 1.54) is 0 Å². The Bertz CT molecular complexity index is 826. The fourth-order valence-electron chi connectivity index (χ4n) is 2.56. The molecule has 0 saturated carbocycles. The highest BCUT2D eigenvalue weighted by molar-refractivity contribution is 6.16. The van der Waals surface area contributed by atoms with Gasteiger partial charge in [-0.15, -0.1) is 0 Å². The molecule has 0 atom stereocenters. The highest BCUT2D eigenvalue weighted by Gasteiger charge is 2.20. The number of carbonyl (C=O) groups is 1. The number of hydrogen-bond donors (Lipinski definition) is 0. The van der Waals surface area contributed by atoms with E-state index in [0.29, 0.717) is 5.56 Å². The molecular formula is C19H18O2. The monoisotopic (exact) mass is 278 g/mol. The summed E-state index contributed by atoms with van der Waals surface area (Å²) < 4.78 is 5.54. The summed E-state index contributed by atoms with van der Waals surface area (Å²) in [5, 5.41) is 4.22. The zero-order valence-corrected chi connectivity index (χ0v) is 12.5. The van der Waals surface area contributed by atoms with Crippen LogP contribution < -0.4 is 0 Å². The van der Waals surface area contributed by atoms with Gasteiger partial charge in [0.05, 0.1) is 5.56 Å². The Labute approximate surface area is 124 Å². The first-order chi connectivity index (χ1) is 9.96. The molecular weight excluding hydrogens is 260 g/mol. The molecule has 0 aliphatic carbocycles. The summed E-state index contributed by atoms with van der Waals surface area (Å²) in [4.78, 5) is 12.5. The lowest BCUT2D eigenvalue weighted by Gasteiger charge is -2.20. The lowest BCUT2D eigenvalue weighted by molar-refractivity contribution is 0.00720. The number of fused-ring (bicyclic) bond motifs is 3. The van der Waals surface area contributed by atoms with Gasteiger partial charge in [-0.05, 0) is 48.4 Å². The van der Waals surface area contributed by atoms with Crippen LogP contribution in [0.15, 0.2) is 54.6 Å². The van der Waals surface area contributed by atoms with Crippen molar-refractivity contribution in [2.45, 2.75) is 26.4 Å². The average molecular weight is 278 g/mol. The molecule has 0 spiro atoms. The lowest BCUT2D eigenvalue weighted by atomic mass is 9.97. The summed E-state index contributed by atoms with van der Waals surface area (Å²) in [5.41, 5.74) is 0.128. The number of carbonyl (C=O) groups excluding carboxylic acids is 1. The first kappa shape index (κ1) is 13.6. The van der Waals surface area contributed by atoms with E-state index in [0.717, 1.165) is 21.5 Å². The van der Waals surface area contributed by atoms with E-state index in [2.05, 4.69) is 6.07 Å². The van der Waals surface area contributed by atoms with Crippen LogP contribution in [-0.4, -0.2) is 11.6 Å². The van der Waals surface area contributed by atoms with Crippen molar-refractivity contribution in [3.8, 4) is 0 Å². The van der Waals surface area contributed by atoms with Crippen LogP contribution in [0.4, 0.5) is 0 Å². The third-order valence-corrected chi connectivity index (χ3v) is 3.39. The zero-order chi connectivity index (χ0) is 15.0. The Morgan fingerprint density at radius 3 is 2.10 bits per heavy atom. The van der Waals surface area contributed by atoms with Crippen molar-refractivity contribution < 1.29 is 9.53 Å². The van der Waals surface area contributed by atoms with Gasteiger partial charge < -0.3 is 4.74 Å². The summed E-state index contributed by atoms with van der Waals surface area (Å²) in [5.74, 6) is -0.274. The largest absolute Gasteiger partial charge is 0.456 e. The molecule has 0 aromatic heterocycles. The van der Waals surface area contributed by atoms with Crippen molar-refractivity contribution in [2.75, 3.05) is 0 Å². The highest BCUT2D eigenvalue weighted by atomic mass is 16.6. The number of ether oxygens (including phenoxy) is 1. The smallest absolute Gasteiger partial charge is 0.339 e. The number of hydrogen-bond acceptors (Lipinski definition) is 2. The molecule has 2 heteroatoms. The third-order valence-electron chi connectivity index (χ3n) is 3.39. The van der Waals surface area contributed by atoms with Crippen molar-refractivity contribution in [3.05, 3.63) is 60.2 Å². The maximum atomic E-state index is 12.5. The van der Waals surface area contributed by atoms with E-state index in [4.69, 9.17) is 4.74 Å². The molecule has 0 saturated heterocycles. The molecule has 0 aliphatic heterocycles. The fraction of sp³-hybridized carbons (Fsp3) is 0.211. The normalized spacial score (nSPS) is 11.8. The van der Waals surface area contributed by atoms with E-state index in [9.17, 15) is 4.79 Å². The Morgan fingerprint density at radius 2 is 1.43 bits per heavy atom. The third kappa shape index (κ3) is 2.62. The van der Waals surface area contributed by atoms with Gasteiger partial charge in [0.2, 0.25) is 0 Å². The minimum Gasteiger partial charge on any atom is -0.456 e. The van der Waals surface area contributed by atoms with E-state index >= 15 is 0 Å². The van der Waals surface area contributed by atoms with Crippen LogP contribution in [0.5, 0.6) is 0 Å². The molecule has 0 amide bonds. The Balaban J connectivity index is 2.28. The Hall–Kier alpha value is -2.35. The van der Waals surface area contributed by atoms with Gasteiger partial charge in [-0.3, -0.25) is 0 Å². The van der Waals surface area contributed by atoms with E-state index in [-0.39, 0.29) is 5.97 Å². The topological polar surface area (TPSA) is 26.3 Å². The predicted molar refractivity (Wildman–Crippen MR) is 86.6 cm³/mol. The second-order valence-corrected chi connectivity index (χ2v) is 6.19. The summed E-state index contributed by atoms with van der Waals surface area (Å²) >= 11 is 0. The number of esters is 1. The SMILES string of the molecule is CC(C)(C)OC(=O)c1cc2ccccc2c2ccccc12. The molecule has 21 heavy (non-hydrogen) atoms. The van der Waals surface area contributed by atoms with Gasteiger partial charge in [0.15, 0.2) is 0 Å². The molecule has 0 bridgehead atoms. The van der Waals surface area contributed by atoms with Gasteiger partial charge in [0.1, 0.15) is 5.60 Å². The lowest BCUT2D eigenvalue weighted by Crippen LogP contribution is -2.24.